The van der Waals surface area contributed by atoms with E-state index in [1.807, 2.05) is 20.8 Å². The number of rotatable bonds is 7. The fraction of sp³-hybridized carbons (Fsp3) is 0.583. The van der Waals surface area contributed by atoms with Gasteiger partial charge in [0.2, 0.25) is 17.7 Å². The molecule has 0 aliphatic rings. The third-order valence-electron chi connectivity index (χ3n) is 2.44. The van der Waals surface area contributed by atoms with Crippen LogP contribution in [-0.4, -0.2) is 47.0 Å². The lowest BCUT2D eigenvalue weighted by molar-refractivity contribution is -0.128. The van der Waals surface area contributed by atoms with E-state index < -0.39 is 0 Å². The Bertz CT molecular complexity index is 380. The molecule has 0 radical (unpaired) electrons. The zero-order chi connectivity index (χ0) is 13.4. The normalized spacial score (nSPS) is 9.94. The molecule has 0 aliphatic heterocycles. The molecule has 1 amide bonds. The third-order valence-corrected chi connectivity index (χ3v) is 2.44. The van der Waals surface area contributed by atoms with E-state index in [0.717, 1.165) is 0 Å². The summed E-state index contributed by atoms with van der Waals surface area (Å²) in [5.74, 6) is 0.942. The third kappa shape index (κ3) is 4.20. The second kappa shape index (κ2) is 7.47. The highest BCUT2D eigenvalue weighted by atomic mass is 16.5. The number of hydrogen-bond acceptors (Lipinski definition) is 5. The zero-order valence-corrected chi connectivity index (χ0v) is 11.1. The van der Waals surface area contributed by atoms with Gasteiger partial charge in [-0.1, -0.05) is 0 Å². The number of anilines is 1. The minimum absolute atomic E-state index is 0.0328. The Kier molecular flexibility index (Phi) is 5.90. The van der Waals surface area contributed by atoms with Crippen LogP contribution in [0, 0.1) is 0 Å². The van der Waals surface area contributed by atoms with Gasteiger partial charge in [0.15, 0.2) is 0 Å². The lowest BCUT2D eigenvalue weighted by Gasteiger charge is -2.18. The minimum Gasteiger partial charge on any atom is -0.478 e. The van der Waals surface area contributed by atoms with Gasteiger partial charge in [0, 0.05) is 25.4 Å². The van der Waals surface area contributed by atoms with Crippen molar-refractivity contribution in [1.82, 2.24) is 14.9 Å². The van der Waals surface area contributed by atoms with E-state index in [9.17, 15) is 4.79 Å². The molecule has 6 heteroatoms. The maximum atomic E-state index is 11.8. The highest BCUT2D eigenvalue weighted by Crippen LogP contribution is 2.07. The van der Waals surface area contributed by atoms with Crippen LogP contribution in [0.4, 0.5) is 5.95 Å². The van der Waals surface area contributed by atoms with Gasteiger partial charge in [0.1, 0.15) is 0 Å². The molecule has 1 aromatic rings. The Morgan fingerprint density at radius 3 is 2.72 bits per heavy atom. The number of amides is 1. The Morgan fingerprint density at radius 2 is 2.11 bits per heavy atom. The molecule has 0 bridgehead atoms. The van der Waals surface area contributed by atoms with E-state index in [4.69, 9.17) is 4.74 Å². The second-order valence-corrected chi connectivity index (χ2v) is 3.57. The largest absolute Gasteiger partial charge is 0.478 e. The summed E-state index contributed by atoms with van der Waals surface area (Å²) in [6, 6.07) is 1.68. The molecular formula is C12H20N4O2. The molecular weight excluding hydrogens is 232 g/mol. The van der Waals surface area contributed by atoms with Gasteiger partial charge in [-0.15, -0.1) is 0 Å². The average molecular weight is 252 g/mol. The Hall–Kier alpha value is -1.85. The summed E-state index contributed by atoms with van der Waals surface area (Å²) in [4.78, 5) is 21.7. The molecule has 0 fully saturated rings. The van der Waals surface area contributed by atoms with E-state index in [-0.39, 0.29) is 12.5 Å². The van der Waals surface area contributed by atoms with Gasteiger partial charge in [-0.25, -0.2) is 4.98 Å². The predicted molar refractivity (Wildman–Crippen MR) is 69.6 cm³/mol. The van der Waals surface area contributed by atoms with E-state index in [0.29, 0.717) is 31.5 Å². The summed E-state index contributed by atoms with van der Waals surface area (Å²) in [5.41, 5.74) is 0. The first-order chi connectivity index (χ1) is 8.71. The standard InChI is InChI=1S/C12H20N4O2/c1-4-16(5-2)11(17)9-14-12-13-8-7-10(15-12)18-6-3/h7-8H,4-6,9H2,1-3H3,(H,13,14,15). The maximum absolute atomic E-state index is 11.8. The van der Waals surface area contributed by atoms with E-state index in [1.165, 1.54) is 0 Å². The molecule has 0 aromatic carbocycles. The van der Waals surface area contributed by atoms with Crippen molar-refractivity contribution in [2.75, 3.05) is 31.6 Å². The summed E-state index contributed by atoms with van der Waals surface area (Å²) in [6.45, 7) is 7.94. The van der Waals surface area contributed by atoms with Crippen molar-refractivity contribution in [1.29, 1.82) is 0 Å². The number of ether oxygens (including phenoxy) is 1. The van der Waals surface area contributed by atoms with E-state index >= 15 is 0 Å². The van der Waals surface area contributed by atoms with Crippen LogP contribution >= 0.6 is 0 Å². The molecule has 1 aromatic heterocycles. The van der Waals surface area contributed by atoms with E-state index in [2.05, 4.69) is 15.3 Å². The van der Waals surface area contributed by atoms with Gasteiger partial charge in [-0.3, -0.25) is 4.79 Å². The molecule has 1 rings (SSSR count). The zero-order valence-electron chi connectivity index (χ0n) is 11.1. The van der Waals surface area contributed by atoms with Crippen LogP contribution in [-0.2, 0) is 4.79 Å². The van der Waals surface area contributed by atoms with Crippen molar-refractivity contribution in [2.24, 2.45) is 0 Å². The molecule has 6 nitrogen and oxygen atoms in total. The Morgan fingerprint density at radius 1 is 1.39 bits per heavy atom. The molecule has 1 heterocycles. The summed E-state index contributed by atoms with van der Waals surface area (Å²) in [6.07, 6.45) is 1.60. The van der Waals surface area contributed by atoms with Crippen molar-refractivity contribution >= 4 is 11.9 Å². The van der Waals surface area contributed by atoms with Gasteiger partial charge in [-0.2, -0.15) is 4.98 Å². The number of carbonyl (C=O) groups excluding carboxylic acids is 1. The van der Waals surface area contributed by atoms with Crippen LogP contribution in [0.5, 0.6) is 5.88 Å². The highest BCUT2D eigenvalue weighted by molar-refractivity contribution is 5.80. The average Bonchev–Trinajstić information content (AvgIpc) is 2.39. The minimum atomic E-state index is 0.0328. The number of likely N-dealkylation sites (N-methyl/N-ethyl adjacent to an activating group) is 1. The first-order valence-corrected chi connectivity index (χ1v) is 6.18. The topological polar surface area (TPSA) is 67.3 Å². The maximum Gasteiger partial charge on any atom is 0.241 e. The molecule has 0 aliphatic carbocycles. The molecule has 18 heavy (non-hydrogen) atoms. The molecule has 0 spiro atoms. The van der Waals surface area contributed by atoms with Gasteiger partial charge >= 0.3 is 0 Å². The molecule has 0 unspecified atom stereocenters. The molecule has 0 atom stereocenters. The van der Waals surface area contributed by atoms with Crippen molar-refractivity contribution in [3.8, 4) is 5.88 Å². The van der Waals surface area contributed by atoms with Crippen molar-refractivity contribution in [2.45, 2.75) is 20.8 Å². The van der Waals surface area contributed by atoms with Crippen LogP contribution in [0.1, 0.15) is 20.8 Å². The van der Waals surface area contributed by atoms with Gasteiger partial charge in [0.05, 0.1) is 13.2 Å². The van der Waals surface area contributed by atoms with Gasteiger partial charge in [-0.05, 0) is 20.8 Å². The van der Waals surface area contributed by atoms with Crippen LogP contribution in [0.3, 0.4) is 0 Å². The van der Waals surface area contributed by atoms with Crippen molar-refractivity contribution in [3.63, 3.8) is 0 Å². The summed E-state index contributed by atoms with van der Waals surface area (Å²) in [7, 11) is 0. The lowest BCUT2D eigenvalue weighted by Crippen LogP contribution is -2.35. The Labute approximate surface area is 107 Å². The van der Waals surface area contributed by atoms with E-state index in [1.54, 1.807) is 17.2 Å². The number of nitrogens with one attached hydrogen (secondary N) is 1. The van der Waals surface area contributed by atoms with Crippen molar-refractivity contribution < 1.29 is 9.53 Å². The van der Waals surface area contributed by atoms with Crippen LogP contribution < -0.4 is 10.1 Å². The smallest absolute Gasteiger partial charge is 0.241 e. The number of carbonyl (C=O) groups is 1. The fourth-order valence-corrected chi connectivity index (χ4v) is 1.50. The number of aromatic nitrogens is 2. The molecule has 100 valence electrons. The van der Waals surface area contributed by atoms with Crippen LogP contribution in [0.2, 0.25) is 0 Å². The monoisotopic (exact) mass is 252 g/mol. The fourth-order valence-electron chi connectivity index (χ4n) is 1.50. The quantitative estimate of drug-likeness (QED) is 0.788. The highest BCUT2D eigenvalue weighted by Gasteiger charge is 2.09. The Balaban J connectivity index is 2.52. The first kappa shape index (κ1) is 14.2. The predicted octanol–water partition coefficient (Wildman–Crippen LogP) is 1.16. The van der Waals surface area contributed by atoms with Crippen LogP contribution in [0.15, 0.2) is 12.3 Å². The van der Waals surface area contributed by atoms with Gasteiger partial charge < -0.3 is 15.0 Å². The second-order valence-electron chi connectivity index (χ2n) is 3.57. The summed E-state index contributed by atoms with van der Waals surface area (Å²) in [5, 5.41) is 2.90. The lowest BCUT2D eigenvalue weighted by atomic mass is 10.4. The van der Waals surface area contributed by atoms with Crippen molar-refractivity contribution in [3.05, 3.63) is 12.3 Å². The molecule has 1 N–H and O–H groups in total. The number of hydrogen-bond donors (Lipinski definition) is 1. The summed E-state index contributed by atoms with van der Waals surface area (Å²) < 4.78 is 5.26. The van der Waals surface area contributed by atoms with Gasteiger partial charge in [0.25, 0.3) is 0 Å². The van der Waals surface area contributed by atoms with Crippen LogP contribution in [0.25, 0.3) is 0 Å². The summed E-state index contributed by atoms with van der Waals surface area (Å²) >= 11 is 0. The molecule has 0 saturated carbocycles. The number of nitrogens with zero attached hydrogens (tertiary/aromatic N) is 3. The SMILES string of the molecule is CCOc1ccnc(NCC(=O)N(CC)CC)n1. The first-order valence-electron chi connectivity index (χ1n) is 6.18. The molecule has 0 saturated heterocycles.